The predicted molar refractivity (Wildman–Crippen MR) is 174 cm³/mol. The van der Waals surface area contributed by atoms with Crippen LogP contribution in [0.1, 0.15) is 77.6 Å². The van der Waals surface area contributed by atoms with E-state index in [0.29, 0.717) is 40.3 Å². The second-order valence-corrected chi connectivity index (χ2v) is 13.3. The van der Waals surface area contributed by atoms with Crippen LogP contribution >= 0.6 is 11.3 Å². The highest BCUT2D eigenvalue weighted by Gasteiger charge is 2.28. The average molecular weight is 647 g/mol. The fraction of sp³-hybridized carbons (Fsp3) is 0.441. The monoisotopic (exact) mass is 646 g/mol. The van der Waals surface area contributed by atoms with Gasteiger partial charge in [0.1, 0.15) is 27.3 Å². The number of halogens is 1. The number of aromatic nitrogens is 4. The van der Waals surface area contributed by atoms with Gasteiger partial charge in [0.05, 0.1) is 11.3 Å². The molecule has 10 nitrogen and oxygen atoms in total. The third-order valence-corrected chi connectivity index (χ3v) is 9.89. The van der Waals surface area contributed by atoms with Gasteiger partial charge in [0.25, 0.3) is 11.5 Å². The summed E-state index contributed by atoms with van der Waals surface area (Å²) >= 11 is 1.54. The van der Waals surface area contributed by atoms with E-state index in [1.807, 2.05) is 12.1 Å². The third kappa shape index (κ3) is 7.51. The van der Waals surface area contributed by atoms with Gasteiger partial charge in [-0.05, 0) is 75.1 Å². The molecule has 0 atom stereocenters. The Bertz CT molecular complexity index is 1730. The summed E-state index contributed by atoms with van der Waals surface area (Å²) < 4.78 is 27.4. The summed E-state index contributed by atoms with van der Waals surface area (Å²) in [7, 11) is 0. The van der Waals surface area contributed by atoms with E-state index in [4.69, 9.17) is 9.47 Å². The summed E-state index contributed by atoms with van der Waals surface area (Å²) in [5.74, 6) is -0.0753. The summed E-state index contributed by atoms with van der Waals surface area (Å²) in [6, 6.07) is 12.2. The van der Waals surface area contributed by atoms with Crippen molar-refractivity contribution in [3.05, 3.63) is 86.0 Å². The van der Waals surface area contributed by atoms with Gasteiger partial charge in [0.15, 0.2) is 0 Å². The van der Waals surface area contributed by atoms with Gasteiger partial charge in [0, 0.05) is 67.4 Å². The first kappa shape index (κ1) is 32.0. The van der Waals surface area contributed by atoms with Crippen LogP contribution in [0.4, 0.5) is 4.39 Å². The number of carbonyl (C=O) groups excluding carboxylic acids is 1. The molecular formula is C34H39FN6O4S. The highest BCUT2D eigenvalue weighted by atomic mass is 32.1. The minimum absolute atomic E-state index is 0.0468. The molecular weight excluding hydrogens is 607 g/mol. The molecule has 0 unspecified atom stereocenters. The number of nitrogens with zero attached hydrogens (tertiary/aromatic N) is 4. The number of amides is 1. The molecule has 2 saturated heterocycles. The summed E-state index contributed by atoms with van der Waals surface area (Å²) in [5.41, 5.74) is 1.91. The number of hydrogen-bond donors (Lipinski definition) is 2. The van der Waals surface area contributed by atoms with Gasteiger partial charge in [0.2, 0.25) is 0 Å². The standard InChI is InChI=1S/C34H39FN6O4S/c1-20(2)33-39-40-34(46-33)22-4-6-27(7-5-22)45-30-19-28(29(35)18-23(30)17-24-16-21(3)37-38-31(24)42)32(43)36-25-8-12-41(13-9-25)26-10-14-44-15-11-26/h4-7,16,18-20,25-26H,8-15,17H2,1-3H3,(H,36,43)(H,38,42). The Labute approximate surface area is 271 Å². The van der Waals surface area contributed by atoms with Gasteiger partial charge in [-0.2, -0.15) is 5.10 Å². The van der Waals surface area contributed by atoms with Gasteiger partial charge in [-0.25, -0.2) is 9.49 Å². The van der Waals surface area contributed by atoms with Crippen molar-refractivity contribution in [3.8, 4) is 22.1 Å². The lowest BCUT2D eigenvalue weighted by Gasteiger charge is -2.39. The minimum atomic E-state index is -0.672. The van der Waals surface area contributed by atoms with Crippen LogP contribution in [0.2, 0.25) is 0 Å². The number of H-pyrrole nitrogens is 1. The number of aryl methyl sites for hydroxylation is 1. The van der Waals surface area contributed by atoms with Gasteiger partial charge >= 0.3 is 0 Å². The Hall–Kier alpha value is -4.00. The van der Waals surface area contributed by atoms with Crippen molar-refractivity contribution in [2.75, 3.05) is 26.3 Å². The fourth-order valence-corrected chi connectivity index (χ4v) is 6.85. The van der Waals surface area contributed by atoms with Crippen LogP contribution in [0, 0.1) is 12.7 Å². The van der Waals surface area contributed by atoms with Crippen molar-refractivity contribution in [1.82, 2.24) is 30.6 Å². The summed E-state index contributed by atoms with van der Waals surface area (Å²) in [5, 5.41) is 19.8. The molecule has 0 spiro atoms. The van der Waals surface area contributed by atoms with Gasteiger partial charge in [-0.15, -0.1) is 10.2 Å². The molecule has 6 rings (SSSR count). The Morgan fingerprint density at radius 2 is 1.83 bits per heavy atom. The maximum atomic E-state index is 15.6. The molecule has 12 heteroatoms. The van der Waals surface area contributed by atoms with Crippen LogP contribution in [-0.4, -0.2) is 69.6 Å². The lowest BCUT2D eigenvalue weighted by molar-refractivity contribution is 0.0238. The Kier molecular flexibility index (Phi) is 9.86. The van der Waals surface area contributed by atoms with Gasteiger partial charge in [-0.3, -0.25) is 9.59 Å². The normalized spacial score (nSPS) is 16.5. The van der Waals surface area contributed by atoms with E-state index in [1.165, 1.54) is 12.1 Å². The van der Waals surface area contributed by atoms with Crippen molar-refractivity contribution in [2.24, 2.45) is 0 Å². The summed E-state index contributed by atoms with van der Waals surface area (Å²) in [4.78, 5) is 28.4. The van der Waals surface area contributed by atoms with Gasteiger partial charge in [-0.1, -0.05) is 25.2 Å². The number of benzene rings is 2. The molecule has 242 valence electrons. The average Bonchev–Trinajstić information content (AvgIpc) is 3.56. The Morgan fingerprint density at radius 3 is 2.52 bits per heavy atom. The highest BCUT2D eigenvalue weighted by Crippen LogP contribution is 2.33. The number of carbonyl (C=O) groups is 1. The molecule has 0 radical (unpaired) electrons. The quantitative estimate of drug-likeness (QED) is 0.241. The summed E-state index contributed by atoms with van der Waals surface area (Å²) in [6.07, 6.45) is 3.77. The highest BCUT2D eigenvalue weighted by molar-refractivity contribution is 7.14. The van der Waals surface area contributed by atoms with Crippen LogP contribution in [-0.2, 0) is 11.2 Å². The molecule has 46 heavy (non-hydrogen) atoms. The molecule has 2 aliphatic heterocycles. The Morgan fingerprint density at radius 1 is 1.09 bits per heavy atom. The second kappa shape index (κ2) is 14.2. The van der Waals surface area contributed by atoms with E-state index >= 15 is 4.39 Å². The topological polar surface area (TPSA) is 122 Å². The Balaban J connectivity index is 1.22. The van der Waals surface area contributed by atoms with Crippen LogP contribution in [0.15, 0.2) is 47.3 Å². The maximum absolute atomic E-state index is 15.6. The smallest absolute Gasteiger partial charge is 0.267 e. The lowest BCUT2D eigenvalue weighted by Crippen LogP contribution is -2.49. The number of ether oxygens (including phenoxy) is 2. The number of piperidine rings is 1. The zero-order chi connectivity index (χ0) is 32.2. The summed E-state index contributed by atoms with van der Waals surface area (Å²) in [6.45, 7) is 9.28. The lowest BCUT2D eigenvalue weighted by atomic mass is 9.98. The number of hydrogen-bond acceptors (Lipinski definition) is 9. The molecule has 0 aliphatic carbocycles. The molecule has 4 aromatic rings. The van der Waals surface area contributed by atoms with Crippen molar-refractivity contribution >= 4 is 17.2 Å². The number of aromatic amines is 1. The van der Waals surface area contributed by atoms with Crippen molar-refractivity contribution in [2.45, 2.75) is 70.9 Å². The molecule has 2 aromatic carbocycles. The van der Waals surface area contributed by atoms with Crippen molar-refractivity contribution < 1.29 is 18.7 Å². The molecule has 2 fully saturated rings. The molecule has 2 aliphatic rings. The van der Waals surface area contributed by atoms with E-state index < -0.39 is 11.7 Å². The first-order chi connectivity index (χ1) is 22.2. The van der Waals surface area contributed by atoms with E-state index in [1.54, 1.807) is 36.5 Å². The van der Waals surface area contributed by atoms with E-state index in [9.17, 15) is 9.59 Å². The predicted octanol–water partition coefficient (Wildman–Crippen LogP) is 5.62. The SMILES string of the molecule is Cc1cc(Cc2cc(F)c(C(=O)NC3CCN(C4CCOCC4)CC3)cc2Oc2ccc(-c3nnc(C(C)C)s3)cc2)c(=O)[nH]n1. The van der Waals surface area contributed by atoms with Crippen LogP contribution in [0.5, 0.6) is 11.5 Å². The maximum Gasteiger partial charge on any atom is 0.267 e. The number of nitrogens with one attached hydrogen (secondary N) is 2. The van der Waals surface area contributed by atoms with Crippen LogP contribution < -0.4 is 15.6 Å². The van der Waals surface area contributed by atoms with Crippen molar-refractivity contribution in [1.29, 1.82) is 0 Å². The molecule has 0 bridgehead atoms. The van der Waals surface area contributed by atoms with Crippen LogP contribution in [0.25, 0.3) is 10.6 Å². The first-order valence-corrected chi connectivity index (χ1v) is 16.7. The molecule has 0 saturated carbocycles. The van der Waals surface area contributed by atoms with Crippen LogP contribution in [0.3, 0.4) is 0 Å². The molecule has 2 aromatic heterocycles. The van der Waals surface area contributed by atoms with Gasteiger partial charge < -0.3 is 19.7 Å². The molecule has 4 heterocycles. The van der Waals surface area contributed by atoms with E-state index in [-0.39, 0.29) is 23.6 Å². The molecule has 1 amide bonds. The number of likely N-dealkylation sites (tertiary alicyclic amines) is 1. The van der Waals surface area contributed by atoms with Crippen molar-refractivity contribution in [3.63, 3.8) is 0 Å². The minimum Gasteiger partial charge on any atom is -0.457 e. The zero-order valence-corrected chi connectivity index (χ0v) is 27.2. The third-order valence-electron chi connectivity index (χ3n) is 8.62. The number of rotatable bonds is 9. The van der Waals surface area contributed by atoms with E-state index in [0.717, 1.165) is 67.6 Å². The molecule has 2 N–H and O–H groups in total. The second-order valence-electron chi connectivity index (χ2n) is 12.3. The van der Waals surface area contributed by atoms with E-state index in [2.05, 4.69) is 44.5 Å². The first-order valence-electron chi connectivity index (χ1n) is 15.9. The zero-order valence-electron chi connectivity index (χ0n) is 26.3. The largest absolute Gasteiger partial charge is 0.457 e. The fourth-order valence-electron chi connectivity index (χ4n) is 6.00.